The number of rotatable bonds is 4. The second kappa shape index (κ2) is 5.35. The largest absolute Gasteiger partial charge is 0.326 e. The number of hydrogen-bond acceptors (Lipinski definition) is 1. The average Bonchev–Trinajstić information content (AvgIpc) is 2.29. The summed E-state index contributed by atoms with van der Waals surface area (Å²) in [5, 5.41) is 2.99. The Labute approximate surface area is 104 Å². The third-order valence-electron chi connectivity index (χ3n) is 3.31. The van der Waals surface area contributed by atoms with Gasteiger partial charge in [-0.1, -0.05) is 46.8 Å². The van der Waals surface area contributed by atoms with E-state index in [1.54, 1.807) is 0 Å². The molecular formula is C15H23NO. The molecule has 1 rings (SSSR count). The lowest BCUT2D eigenvalue weighted by Gasteiger charge is -2.21. The first-order valence-electron chi connectivity index (χ1n) is 6.28. The number of hydrogen-bond donors (Lipinski definition) is 1. The molecule has 0 aliphatic rings. The van der Waals surface area contributed by atoms with E-state index in [0.29, 0.717) is 5.92 Å². The quantitative estimate of drug-likeness (QED) is 0.830. The Morgan fingerprint density at radius 2 is 2.00 bits per heavy atom. The van der Waals surface area contributed by atoms with Gasteiger partial charge in [0, 0.05) is 11.1 Å². The maximum absolute atomic E-state index is 12.0. The van der Waals surface area contributed by atoms with E-state index in [-0.39, 0.29) is 11.3 Å². The zero-order valence-electron chi connectivity index (χ0n) is 11.5. The van der Waals surface area contributed by atoms with Crippen molar-refractivity contribution in [1.82, 2.24) is 0 Å². The minimum atomic E-state index is -0.312. The Morgan fingerprint density at radius 3 is 2.53 bits per heavy atom. The Morgan fingerprint density at radius 1 is 1.35 bits per heavy atom. The molecule has 0 fully saturated rings. The first kappa shape index (κ1) is 13.8. The molecule has 2 heteroatoms. The fourth-order valence-corrected chi connectivity index (χ4v) is 1.44. The van der Waals surface area contributed by atoms with Crippen LogP contribution in [0.5, 0.6) is 0 Å². The van der Waals surface area contributed by atoms with Crippen molar-refractivity contribution in [3.05, 3.63) is 29.8 Å². The van der Waals surface area contributed by atoms with Gasteiger partial charge in [-0.05, 0) is 30.0 Å². The van der Waals surface area contributed by atoms with Crippen LogP contribution in [-0.4, -0.2) is 5.91 Å². The van der Waals surface area contributed by atoms with Crippen molar-refractivity contribution in [2.75, 3.05) is 5.32 Å². The van der Waals surface area contributed by atoms with Crippen LogP contribution in [-0.2, 0) is 4.79 Å². The van der Waals surface area contributed by atoms with Gasteiger partial charge in [0.25, 0.3) is 0 Å². The van der Waals surface area contributed by atoms with Crippen molar-refractivity contribution in [2.45, 2.75) is 47.0 Å². The van der Waals surface area contributed by atoms with Gasteiger partial charge in [0.05, 0.1) is 0 Å². The first-order chi connectivity index (χ1) is 7.86. The highest BCUT2D eigenvalue weighted by atomic mass is 16.2. The Hall–Kier alpha value is -1.31. The zero-order chi connectivity index (χ0) is 13.1. The first-order valence-corrected chi connectivity index (χ1v) is 6.28. The molecule has 0 aromatic heterocycles. The Balaban J connectivity index is 2.82. The minimum Gasteiger partial charge on any atom is -0.326 e. The van der Waals surface area contributed by atoms with Crippen LogP contribution >= 0.6 is 0 Å². The van der Waals surface area contributed by atoms with E-state index in [0.717, 1.165) is 12.1 Å². The van der Waals surface area contributed by atoms with Crippen molar-refractivity contribution in [3.8, 4) is 0 Å². The molecule has 1 aromatic carbocycles. The summed E-state index contributed by atoms with van der Waals surface area (Å²) < 4.78 is 0. The van der Waals surface area contributed by atoms with Crippen LogP contribution in [0.3, 0.4) is 0 Å². The smallest absolute Gasteiger partial charge is 0.230 e. The van der Waals surface area contributed by atoms with Crippen molar-refractivity contribution in [3.63, 3.8) is 0 Å². The molecule has 2 nitrogen and oxygen atoms in total. The van der Waals surface area contributed by atoms with E-state index in [1.807, 2.05) is 39.0 Å². The standard InChI is InChI=1S/C15H23NO/c1-6-15(4,5)14(17)16-13-9-7-8-12(10-13)11(2)3/h7-11H,6H2,1-5H3,(H,16,17). The second-order valence-electron chi connectivity index (χ2n) is 5.47. The van der Waals surface area contributed by atoms with Crippen LogP contribution < -0.4 is 5.32 Å². The van der Waals surface area contributed by atoms with Gasteiger partial charge in [-0.3, -0.25) is 4.79 Å². The summed E-state index contributed by atoms with van der Waals surface area (Å²) in [6.07, 6.45) is 0.836. The van der Waals surface area contributed by atoms with E-state index >= 15 is 0 Å². The van der Waals surface area contributed by atoms with Crippen LogP contribution in [0.4, 0.5) is 5.69 Å². The normalized spacial score (nSPS) is 11.6. The van der Waals surface area contributed by atoms with Gasteiger partial charge >= 0.3 is 0 Å². The van der Waals surface area contributed by atoms with Gasteiger partial charge in [-0.2, -0.15) is 0 Å². The fourth-order valence-electron chi connectivity index (χ4n) is 1.44. The third-order valence-corrected chi connectivity index (χ3v) is 3.31. The van der Waals surface area contributed by atoms with Gasteiger partial charge in [0.15, 0.2) is 0 Å². The van der Waals surface area contributed by atoms with E-state index < -0.39 is 0 Å². The number of carbonyl (C=O) groups excluding carboxylic acids is 1. The number of anilines is 1. The Kier molecular flexibility index (Phi) is 4.33. The monoisotopic (exact) mass is 233 g/mol. The van der Waals surface area contributed by atoms with E-state index in [4.69, 9.17) is 0 Å². The molecule has 0 atom stereocenters. The predicted octanol–water partition coefficient (Wildman–Crippen LogP) is 4.18. The SMILES string of the molecule is CCC(C)(C)C(=O)Nc1cccc(C(C)C)c1. The lowest BCUT2D eigenvalue weighted by atomic mass is 9.89. The van der Waals surface area contributed by atoms with Gasteiger partial charge in [-0.15, -0.1) is 0 Å². The highest BCUT2D eigenvalue weighted by molar-refractivity contribution is 5.94. The van der Waals surface area contributed by atoms with E-state index in [1.165, 1.54) is 5.56 Å². The van der Waals surface area contributed by atoms with E-state index in [2.05, 4.69) is 25.2 Å². The molecule has 0 unspecified atom stereocenters. The Bertz CT molecular complexity index is 394. The number of carbonyl (C=O) groups is 1. The molecule has 0 aliphatic carbocycles. The van der Waals surface area contributed by atoms with Gasteiger partial charge in [0.1, 0.15) is 0 Å². The summed E-state index contributed by atoms with van der Waals surface area (Å²) in [4.78, 5) is 12.0. The summed E-state index contributed by atoms with van der Waals surface area (Å²) in [5.41, 5.74) is 1.83. The lowest BCUT2D eigenvalue weighted by molar-refractivity contribution is -0.124. The highest BCUT2D eigenvalue weighted by Gasteiger charge is 2.25. The predicted molar refractivity (Wildman–Crippen MR) is 73.2 cm³/mol. The van der Waals surface area contributed by atoms with Crippen molar-refractivity contribution >= 4 is 11.6 Å². The molecule has 0 aliphatic heterocycles. The van der Waals surface area contributed by atoms with Gasteiger partial charge < -0.3 is 5.32 Å². The molecule has 0 bridgehead atoms. The maximum atomic E-state index is 12.0. The molecule has 0 heterocycles. The summed E-state index contributed by atoms with van der Waals surface area (Å²) in [5.74, 6) is 0.562. The molecule has 0 saturated heterocycles. The van der Waals surface area contributed by atoms with Crippen LogP contribution in [0.25, 0.3) is 0 Å². The molecular weight excluding hydrogens is 210 g/mol. The topological polar surface area (TPSA) is 29.1 Å². The molecule has 1 N–H and O–H groups in total. The fraction of sp³-hybridized carbons (Fsp3) is 0.533. The third kappa shape index (κ3) is 3.58. The molecule has 1 amide bonds. The van der Waals surface area contributed by atoms with Crippen LogP contribution in [0.15, 0.2) is 24.3 Å². The molecule has 0 radical (unpaired) electrons. The molecule has 17 heavy (non-hydrogen) atoms. The van der Waals surface area contributed by atoms with Crippen LogP contribution in [0.2, 0.25) is 0 Å². The number of nitrogens with one attached hydrogen (secondary N) is 1. The summed E-state index contributed by atoms with van der Waals surface area (Å²) in [7, 11) is 0. The van der Waals surface area contributed by atoms with E-state index in [9.17, 15) is 4.79 Å². The van der Waals surface area contributed by atoms with Crippen molar-refractivity contribution in [2.24, 2.45) is 5.41 Å². The van der Waals surface area contributed by atoms with Crippen LogP contribution in [0, 0.1) is 5.41 Å². The summed E-state index contributed by atoms with van der Waals surface area (Å²) in [6.45, 7) is 10.3. The maximum Gasteiger partial charge on any atom is 0.230 e. The number of amides is 1. The van der Waals surface area contributed by atoms with Crippen LogP contribution in [0.1, 0.15) is 52.5 Å². The zero-order valence-corrected chi connectivity index (χ0v) is 11.5. The number of benzene rings is 1. The van der Waals surface area contributed by atoms with Crippen molar-refractivity contribution in [1.29, 1.82) is 0 Å². The van der Waals surface area contributed by atoms with Gasteiger partial charge in [0.2, 0.25) is 5.91 Å². The summed E-state index contributed by atoms with van der Waals surface area (Å²) in [6, 6.07) is 8.07. The molecule has 0 spiro atoms. The summed E-state index contributed by atoms with van der Waals surface area (Å²) >= 11 is 0. The average molecular weight is 233 g/mol. The second-order valence-corrected chi connectivity index (χ2v) is 5.47. The molecule has 0 saturated carbocycles. The molecule has 1 aromatic rings. The van der Waals surface area contributed by atoms with Crippen molar-refractivity contribution < 1.29 is 4.79 Å². The van der Waals surface area contributed by atoms with Gasteiger partial charge in [-0.25, -0.2) is 0 Å². The molecule has 94 valence electrons. The highest BCUT2D eigenvalue weighted by Crippen LogP contribution is 2.24. The lowest BCUT2D eigenvalue weighted by Crippen LogP contribution is -2.30. The minimum absolute atomic E-state index is 0.0842.